The van der Waals surface area contributed by atoms with Crippen LogP contribution in [0, 0.1) is 5.92 Å². The van der Waals surface area contributed by atoms with Crippen LogP contribution in [0.25, 0.3) is 11.3 Å². The Hall–Kier alpha value is -2.80. The van der Waals surface area contributed by atoms with Gasteiger partial charge in [0, 0.05) is 37.5 Å². The van der Waals surface area contributed by atoms with Gasteiger partial charge in [0.15, 0.2) is 5.43 Å². The van der Waals surface area contributed by atoms with Crippen molar-refractivity contribution in [1.29, 1.82) is 0 Å². The number of benzene rings is 1. The van der Waals surface area contributed by atoms with E-state index in [2.05, 4.69) is 25.2 Å². The van der Waals surface area contributed by atoms with Crippen molar-refractivity contribution in [3.63, 3.8) is 0 Å². The minimum absolute atomic E-state index is 0.0569. The number of fused-ring (bicyclic) bond motifs is 3. The first-order valence-corrected chi connectivity index (χ1v) is 9.31. The molecular weight excluding hydrogens is 360 g/mol. The third kappa shape index (κ3) is 3.62. The number of carboxylic acids is 1. The number of aromatic nitrogens is 1. The molecule has 0 spiro atoms. The summed E-state index contributed by atoms with van der Waals surface area (Å²) in [5.74, 6) is -0.272. The Kier molecular flexibility index (Phi) is 5.74. The van der Waals surface area contributed by atoms with E-state index in [1.165, 1.54) is 12.3 Å². The van der Waals surface area contributed by atoms with Crippen molar-refractivity contribution in [2.45, 2.75) is 26.3 Å². The summed E-state index contributed by atoms with van der Waals surface area (Å²) in [5, 5.41) is 12.7. The zero-order valence-electron chi connectivity index (χ0n) is 16.6. The summed E-state index contributed by atoms with van der Waals surface area (Å²) in [6.07, 6.45) is 2.22. The Morgan fingerprint density at radius 1 is 1.32 bits per heavy atom. The monoisotopic (exact) mass is 386 g/mol. The molecule has 7 nitrogen and oxygen atoms in total. The number of ether oxygens (including phenoxy) is 2. The first-order chi connectivity index (χ1) is 13.4. The van der Waals surface area contributed by atoms with Crippen LogP contribution in [0.5, 0.6) is 5.75 Å². The minimum Gasteiger partial charge on any atom is -0.495 e. The fourth-order valence-corrected chi connectivity index (χ4v) is 3.71. The lowest BCUT2D eigenvalue weighted by molar-refractivity contribution is 0.0694. The molecule has 1 atom stereocenters. The van der Waals surface area contributed by atoms with Crippen LogP contribution in [0.15, 0.2) is 29.2 Å². The fourth-order valence-electron chi connectivity index (χ4n) is 3.71. The van der Waals surface area contributed by atoms with Gasteiger partial charge in [-0.05, 0) is 30.0 Å². The molecule has 1 aromatic carbocycles. The van der Waals surface area contributed by atoms with Gasteiger partial charge < -0.3 is 24.5 Å². The van der Waals surface area contributed by atoms with E-state index < -0.39 is 11.4 Å². The van der Waals surface area contributed by atoms with Gasteiger partial charge in [0.1, 0.15) is 11.3 Å². The predicted molar refractivity (Wildman–Crippen MR) is 108 cm³/mol. The topological polar surface area (TPSA) is 89.8 Å². The van der Waals surface area contributed by atoms with Gasteiger partial charge in [0.2, 0.25) is 0 Å². The largest absolute Gasteiger partial charge is 0.495 e. The van der Waals surface area contributed by atoms with Gasteiger partial charge in [-0.1, -0.05) is 13.8 Å². The van der Waals surface area contributed by atoms with Crippen molar-refractivity contribution in [2.24, 2.45) is 5.92 Å². The van der Waals surface area contributed by atoms with Crippen molar-refractivity contribution < 1.29 is 19.4 Å². The van der Waals surface area contributed by atoms with Gasteiger partial charge >= 0.3 is 5.97 Å². The summed E-state index contributed by atoms with van der Waals surface area (Å²) in [6, 6.07) is 5.45. The van der Waals surface area contributed by atoms with E-state index in [1.54, 1.807) is 14.2 Å². The molecule has 3 rings (SSSR count). The number of aromatic carboxylic acids is 1. The molecule has 0 radical (unpaired) electrons. The first-order valence-electron chi connectivity index (χ1n) is 9.31. The van der Waals surface area contributed by atoms with Crippen LogP contribution in [0.4, 0.5) is 5.69 Å². The Balaban J connectivity index is 2.17. The maximum Gasteiger partial charge on any atom is 0.341 e. The molecule has 28 heavy (non-hydrogen) atoms. The lowest BCUT2D eigenvalue weighted by Gasteiger charge is -2.34. The molecule has 7 heteroatoms. The molecule has 0 bridgehead atoms. The minimum atomic E-state index is -1.20. The molecule has 0 amide bonds. The van der Waals surface area contributed by atoms with Crippen molar-refractivity contribution in [2.75, 3.05) is 32.7 Å². The van der Waals surface area contributed by atoms with Crippen LogP contribution in [0.1, 0.15) is 35.8 Å². The smallest absolute Gasteiger partial charge is 0.341 e. The molecule has 1 aromatic heterocycles. The van der Waals surface area contributed by atoms with Gasteiger partial charge in [0.05, 0.1) is 25.1 Å². The van der Waals surface area contributed by atoms with E-state index in [0.29, 0.717) is 18.9 Å². The summed E-state index contributed by atoms with van der Waals surface area (Å²) in [7, 11) is 3.25. The van der Waals surface area contributed by atoms with Crippen molar-refractivity contribution in [3.8, 4) is 17.0 Å². The highest BCUT2D eigenvalue weighted by atomic mass is 16.5. The number of pyridine rings is 1. The number of nitrogens with one attached hydrogen (secondary N) is 1. The average Bonchev–Trinajstić information content (AvgIpc) is 2.66. The van der Waals surface area contributed by atoms with Gasteiger partial charge in [0.25, 0.3) is 0 Å². The zero-order chi connectivity index (χ0) is 20.4. The Morgan fingerprint density at radius 2 is 2.07 bits per heavy atom. The van der Waals surface area contributed by atoms with Gasteiger partial charge in [-0.15, -0.1) is 0 Å². The summed E-state index contributed by atoms with van der Waals surface area (Å²) in [6.45, 7) is 5.42. The highest BCUT2D eigenvalue weighted by Crippen LogP contribution is 2.41. The molecule has 2 heterocycles. The predicted octanol–water partition coefficient (Wildman–Crippen LogP) is 3.03. The van der Waals surface area contributed by atoms with Crippen LogP contribution in [-0.2, 0) is 11.2 Å². The zero-order valence-corrected chi connectivity index (χ0v) is 16.6. The average molecular weight is 386 g/mol. The second-order valence-corrected chi connectivity index (χ2v) is 7.29. The highest BCUT2D eigenvalue weighted by Gasteiger charge is 2.29. The molecule has 0 saturated heterocycles. The number of nitrogens with zero attached hydrogens (tertiary/aromatic N) is 1. The maximum absolute atomic E-state index is 12.4. The molecule has 1 unspecified atom stereocenters. The molecule has 1 aliphatic heterocycles. The first kappa shape index (κ1) is 19.9. The summed E-state index contributed by atoms with van der Waals surface area (Å²) in [5.41, 5.74) is 2.88. The van der Waals surface area contributed by atoms with Gasteiger partial charge in [-0.25, -0.2) is 4.79 Å². The van der Waals surface area contributed by atoms with Crippen LogP contribution in [-0.4, -0.2) is 43.0 Å². The van der Waals surface area contributed by atoms with Crippen LogP contribution in [0.2, 0.25) is 0 Å². The van der Waals surface area contributed by atoms with E-state index in [0.717, 1.165) is 28.9 Å². The normalized spacial score (nSPS) is 15.1. The van der Waals surface area contributed by atoms with Crippen LogP contribution >= 0.6 is 0 Å². The highest BCUT2D eigenvalue weighted by molar-refractivity contribution is 5.88. The summed E-state index contributed by atoms with van der Waals surface area (Å²) >= 11 is 0. The molecule has 0 fully saturated rings. The Morgan fingerprint density at radius 3 is 2.68 bits per heavy atom. The Bertz CT molecular complexity index is 949. The molecule has 1 aliphatic rings. The third-order valence-electron chi connectivity index (χ3n) is 5.19. The lowest BCUT2D eigenvalue weighted by atomic mass is 9.87. The lowest BCUT2D eigenvalue weighted by Crippen LogP contribution is -2.28. The summed E-state index contributed by atoms with van der Waals surface area (Å²) in [4.78, 5) is 23.8. The number of anilines is 1. The Labute approximate surface area is 163 Å². The number of rotatable bonds is 7. The van der Waals surface area contributed by atoms with E-state index in [9.17, 15) is 14.7 Å². The van der Waals surface area contributed by atoms with Gasteiger partial charge in [-0.3, -0.25) is 4.79 Å². The number of carboxylic acid groups (broad SMARTS) is 1. The second-order valence-electron chi connectivity index (χ2n) is 7.29. The van der Waals surface area contributed by atoms with E-state index in [4.69, 9.17) is 9.47 Å². The van der Waals surface area contributed by atoms with E-state index in [-0.39, 0.29) is 17.5 Å². The molecule has 0 saturated carbocycles. The number of hydrogen-bond acceptors (Lipinski definition) is 5. The molecule has 0 aliphatic carbocycles. The van der Waals surface area contributed by atoms with Crippen molar-refractivity contribution >= 4 is 11.7 Å². The number of methoxy groups -OCH3 is 2. The molecule has 150 valence electrons. The number of hydrogen-bond donors (Lipinski definition) is 2. The quantitative estimate of drug-likeness (QED) is 0.711. The third-order valence-corrected chi connectivity index (χ3v) is 5.19. The fraction of sp³-hybridized carbons (Fsp3) is 0.429. The SMILES string of the molecule is COCCNc1cc2c(cc1OC)-c1cc(=O)c(C(=O)O)cn1C(C(C)C)C2. The van der Waals surface area contributed by atoms with E-state index >= 15 is 0 Å². The van der Waals surface area contributed by atoms with Crippen LogP contribution < -0.4 is 15.5 Å². The van der Waals surface area contributed by atoms with Crippen molar-refractivity contribution in [1.82, 2.24) is 4.57 Å². The van der Waals surface area contributed by atoms with Crippen molar-refractivity contribution in [3.05, 3.63) is 45.7 Å². The van der Waals surface area contributed by atoms with E-state index in [1.807, 2.05) is 10.6 Å². The second kappa shape index (κ2) is 8.06. The molecule has 2 aromatic rings. The van der Waals surface area contributed by atoms with Crippen LogP contribution in [0.3, 0.4) is 0 Å². The maximum atomic E-state index is 12.4. The molecule has 2 N–H and O–H groups in total. The molecular formula is C21H26N2O5. The number of carbonyl (C=O) groups is 1. The standard InChI is InChI=1S/C21H26N2O5/c1-12(2)17-8-13-7-16(22-5-6-27-3)20(28-4)9-14(13)18-10-19(24)15(21(25)26)11-23(17)18/h7,9-12,17,22H,5-6,8H2,1-4H3,(H,25,26). The van der Waals surface area contributed by atoms with Gasteiger partial charge in [-0.2, -0.15) is 0 Å². The summed E-state index contributed by atoms with van der Waals surface area (Å²) < 4.78 is 12.6.